The molecule has 7 heteroatoms. The lowest BCUT2D eigenvalue weighted by atomic mass is 9.75. The molecule has 1 N–H and O–H groups in total. The summed E-state index contributed by atoms with van der Waals surface area (Å²) in [7, 11) is 1.72. The number of unbranched alkanes of at least 4 members (excludes halogenated alkanes) is 1. The van der Waals surface area contributed by atoms with Crippen LogP contribution in [0.3, 0.4) is 0 Å². The average Bonchev–Trinajstić information content (AvgIpc) is 2.52. The smallest absolute Gasteiger partial charge is 0.328 e. The van der Waals surface area contributed by atoms with Crippen LogP contribution in [0, 0.1) is 17.0 Å². The first-order valence-corrected chi connectivity index (χ1v) is 7.09. The summed E-state index contributed by atoms with van der Waals surface area (Å²) in [6, 6.07) is 4.47. The maximum atomic E-state index is 13.1. The topological polar surface area (TPSA) is 79.2 Å². The molecular weight excluding hydrogens is 286 g/mol. The molecule has 22 heavy (non-hydrogen) atoms. The summed E-state index contributed by atoms with van der Waals surface area (Å²) in [5.74, 6) is 0.478. The molecular formula is C15H18BFN2O3. The number of carbonyl (C=O) groups is 2. The molecule has 0 aliphatic heterocycles. The van der Waals surface area contributed by atoms with Crippen molar-refractivity contribution in [3.63, 3.8) is 0 Å². The van der Waals surface area contributed by atoms with Crippen LogP contribution in [0.4, 0.5) is 4.39 Å². The molecule has 1 amide bonds. The molecule has 0 radical (unpaired) electrons. The van der Waals surface area contributed by atoms with Crippen molar-refractivity contribution >= 4 is 19.2 Å². The highest BCUT2D eigenvalue weighted by molar-refractivity contribution is 6.44. The van der Waals surface area contributed by atoms with Crippen molar-refractivity contribution in [1.82, 2.24) is 5.32 Å². The molecule has 0 saturated carbocycles. The van der Waals surface area contributed by atoms with Gasteiger partial charge in [0.05, 0.1) is 7.11 Å². The zero-order valence-electron chi connectivity index (χ0n) is 12.5. The number of ether oxygens (including phenoxy) is 1. The van der Waals surface area contributed by atoms with Gasteiger partial charge in [-0.15, -0.1) is 0 Å². The number of benzene rings is 1. The van der Waals surface area contributed by atoms with Gasteiger partial charge in [-0.05, 0) is 30.6 Å². The predicted octanol–water partition coefficient (Wildman–Crippen LogP) is 1.60. The fraction of sp³-hybridized carbons (Fsp3) is 0.400. The van der Waals surface area contributed by atoms with Crippen molar-refractivity contribution in [2.45, 2.75) is 31.6 Å². The highest BCUT2D eigenvalue weighted by Crippen LogP contribution is 2.08. The van der Waals surface area contributed by atoms with Crippen LogP contribution in [-0.2, 0) is 9.53 Å². The second-order valence-electron chi connectivity index (χ2n) is 4.82. The molecule has 0 aromatic heterocycles. The average molecular weight is 304 g/mol. The number of esters is 1. The molecule has 0 bridgehead atoms. The molecule has 0 aliphatic rings. The number of nitrogens with zero attached hydrogens (tertiary/aromatic N) is 1. The van der Waals surface area contributed by atoms with E-state index in [2.05, 4.69) is 16.0 Å². The van der Waals surface area contributed by atoms with E-state index >= 15 is 0 Å². The van der Waals surface area contributed by atoms with Crippen molar-refractivity contribution in [3.05, 3.63) is 35.6 Å². The third kappa shape index (κ3) is 5.96. The molecule has 0 spiro atoms. The summed E-state index contributed by atoms with van der Waals surface area (Å²) < 4.78 is 17.8. The van der Waals surface area contributed by atoms with Crippen molar-refractivity contribution in [2.24, 2.45) is 0 Å². The van der Waals surface area contributed by atoms with Crippen molar-refractivity contribution in [1.29, 1.82) is 5.26 Å². The molecule has 0 heterocycles. The summed E-state index contributed by atoms with van der Waals surface area (Å²) in [4.78, 5) is 23.7. The molecule has 1 atom stereocenters. The first-order valence-electron chi connectivity index (χ1n) is 7.09. The molecule has 1 rings (SSSR count). The van der Waals surface area contributed by atoms with Crippen LogP contribution in [0.5, 0.6) is 0 Å². The zero-order valence-corrected chi connectivity index (χ0v) is 12.5. The van der Waals surface area contributed by atoms with Gasteiger partial charge in [-0.25, -0.2) is 14.4 Å². The minimum absolute atomic E-state index is 0.151. The highest BCUT2D eigenvalue weighted by atomic mass is 19.1. The van der Waals surface area contributed by atoms with Gasteiger partial charge in [0.15, 0.2) is 0 Å². The lowest BCUT2D eigenvalue weighted by molar-refractivity contribution is -0.143. The molecule has 0 fully saturated rings. The van der Waals surface area contributed by atoms with Crippen LogP contribution in [0.1, 0.15) is 29.6 Å². The lowest BCUT2D eigenvalue weighted by Gasteiger charge is -2.16. The number of nitriles is 1. The quantitative estimate of drug-likeness (QED) is 0.449. The van der Waals surface area contributed by atoms with Crippen LogP contribution in [-0.4, -0.2) is 32.3 Å². The van der Waals surface area contributed by atoms with Gasteiger partial charge in [-0.1, -0.05) is 25.2 Å². The molecule has 0 saturated heterocycles. The van der Waals surface area contributed by atoms with E-state index in [0.717, 1.165) is 18.8 Å². The van der Waals surface area contributed by atoms with E-state index in [9.17, 15) is 14.0 Å². The molecule has 116 valence electrons. The minimum atomic E-state index is -0.775. The largest absolute Gasteiger partial charge is 0.467 e. The van der Waals surface area contributed by atoms with Crippen molar-refractivity contribution < 1.29 is 18.7 Å². The number of nitrogens with one attached hydrogen (secondary N) is 1. The Bertz CT molecular complexity index is 560. The Hall–Kier alpha value is -2.36. The van der Waals surface area contributed by atoms with E-state index in [-0.39, 0.29) is 5.56 Å². The van der Waals surface area contributed by atoms with E-state index in [1.54, 1.807) is 0 Å². The van der Waals surface area contributed by atoms with Gasteiger partial charge in [0.25, 0.3) is 5.91 Å². The number of hydrogen-bond donors (Lipinski definition) is 1. The third-order valence-corrected chi connectivity index (χ3v) is 3.16. The number of rotatable bonds is 8. The number of hydrogen-bond acceptors (Lipinski definition) is 4. The monoisotopic (exact) mass is 304 g/mol. The van der Waals surface area contributed by atoms with Gasteiger partial charge in [-0.3, -0.25) is 4.79 Å². The van der Waals surface area contributed by atoms with E-state index in [1.807, 2.05) is 0 Å². The van der Waals surface area contributed by atoms with Crippen molar-refractivity contribution in [2.75, 3.05) is 7.11 Å². The Morgan fingerprint density at radius 3 is 2.86 bits per heavy atom. The van der Waals surface area contributed by atoms with Gasteiger partial charge in [0, 0.05) is 5.56 Å². The number of methoxy groups -OCH3 is 1. The van der Waals surface area contributed by atoms with E-state index in [4.69, 9.17) is 5.26 Å². The fourth-order valence-electron chi connectivity index (χ4n) is 1.99. The van der Waals surface area contributed by atoms with E-state index in [0.29, 0.717) is 20.1 Å². The van der Waals surface area contributed by atoms with E-state index in [1.165, 1.54) is 25.3 Å². The van der Waals surface area contributed by atoms with Crippen molar-refractivity contribution in [3.8, 4) is 5.97 Å². The third-order valence-electron chi connectivity index (χ3n) is 3.16. The Labute approximate surface area is 129 Å². The first kappa shape index (κ1) is 17.7. The van der Waals surface area contributed by atoms with Crippen LogP contribution < -0.4 is 5.32 Å². The normalized spacial score (nSPS) is 11.1. The van der Waals surface area contributed by atoms with Crippen LogP contribution >= 0.6 is 0 Å². The molecule has 5 nitrogen and oxygen atoms in total. The summed E-state index contributed by atoms with van der Waals surface area (Å²) >= 11 is 0. The maximum absolute atomic E-state index is 13.1. The van der Waals surface area contributed by atoms with E-state index < -0.39 is 23.7 Å². The summed E-state index contributed by atoms with van der Waals surface area (Å²) in [6.07, 6.45) is 2.64. The molecule has 0 aliphatic carbocycles. The molecule has 1 aromatic rings. The number of amides is 1. The summed E-state index contributed by atoms with van der Waals surface area (Å²) in [5, 5.41) is 11.0. The SMILES string of the molecule is COC(=O)[C@H](CCCCBC#N)NC(=O)c1cccc(F)c1. The zero-order chi connectivity index (χ0) is 16.4. The standard InChI is InChI=1S/C15H18BFN2O3/c1-22-15(21)13(7-2-3-8-16-10-18)19-14(20)11-5-4-6-12(17)9-11/h4-6,9,13,16H,2-3,7-8H2,1H3,(H,19,20)/t13-/m0/s1. The fourth-order valence-corrected chi connectivity index (χ4v) is 1.99. The van der Waals surface area contributed by atoms with Gasteiger partial charge < -0.3 is 10.1 Å². The lowest BCUT2D eigenvalue weighted by Crippen LogP contribution is -2.41. The van der Waals surface area contributed by atoms with Crippen LogP contribution in [0.2, 0.25) is 6.32 Å². The second-order valence-corrected chi connectivity index (χ2v) is 4.82. The van der Waals surface area contributed by atoms with Gasteiger partial charge in [0.1, 0.15) is 11.9 Å². The van der Waals surface area contributed by atoms with Crippen LogP contribution in [0.25, 0.3) is 0 Å². The Morgan fingerprint density at radius 2 is 2.23 bits per heavy atom. The Kier molecular flexibility index (Phi) is 7.69. The predicted molar refractivity (Wildman–Crippen MR) is 81.1 cm³/mol. The maximum Gasteiger partial charge on any atom is 0.328 e. The Morgan fingerprint density at radius 1 is 1.45 bits per heavy atom. The first-order chi connectivity index (χ1) is 10.6. The Balaban J connectivity index is 2.59. The van der Waals surface area contributed by atoms with Gasteiger partial charge in [-0.2, -0.15) is 0 Å². The molecule has 1 aromatic carbocycles. The highest BCUT2D eigenvalue weighted by Gasteiger charge is 2.21. The second kappa shape index (κ2) is 9.56. The van der Waals surface area contributed by atoms with Gasteiger partial charge >= 0.3 is 5.97 Å². The molecule has 0 unspecified atom stereocenters. The number of carbonyl (C=O) groups excluding carboxylic acids is 2. The van der Waals surface area contributed by atoms with Gasteiger partial charge in [0.2, 0.25) is 7.28 Å². The minimum Gasteiger partial charge on any atom is -0.467 e. The summed E-state index contributed by atoms with van der Waals surface area (Å²) in [6.45, 7) is 0. The van der Waals surface area contributed by atoms with Crippen LogP contribution in [0.15, 0.2) is 24.3 Å². The summed E-state index contributed by atoms with van der Waals surface area (Å²) in [5.41, 5.74) is 0.151. The number of halogens is 1.